The molecule has 3 saturated heterocycles. The third-order valence-corrected chi connectivity index (χ3v) is 12.3. The lowest BCUT2D eigenvalue weighted by Crippen LogP contribution is -2.33. The van der Waals surface area contributed by atoms with Crippen LogP contribution in [0.2, 0.25) is 0 Å². The van der Waals surface area contributed by atoms with E-state index in [1.165, 1.54) is 18.2 Å². The zero-order valence-electron chi connectivity index (χ0n) is 24.9. The summed E-state index contributed by atoms with van der Waals surface area (Å²) in [5.41, 5.74) is -0.834. The first-order valence-electron chi connectivity index (χ1n) is 13.5. The molecule has 0 saturated carbocycles. The minimum Gasteiger partial charge on any atom is -0.508 e. The summed E-state index contributed by atoms with van der Waals surface area (Å²) in [4.78, 5) is 0. The Labute approximate surface area is 250 Å². The first kappa shape index (κ1) is 34.0. The van der Waals surface area contributed by atoms with Crippen molar-refractivity contribution in [3.8, 4) is 23.0 Å². The Balaban J connectivity index is 0.000000215. The Bertz CT molecular complexity index is 1410. The highest BCUT2D eigenvalue weighted by Gasteiger charge is 2.44. The smallest absolute Gasteiger partial charge is 0.365 e. The molecule has 3 aliphatic heterocycles. The number of benzene rings is 2. The second-order valence-corrected chi connectivity index (χ2v) is 19.1. The molecule has 3 heterocycles. The fourth-order valence-corrected chi connectivity index (χ4v) is 10.0. The molecule has 2 aromatic rings. The lowest BCUT2D eigenvalue weighted by molar-refractivity contribution is 0.0456. The molecule has 16 heteroatoms. The van der Waals surface area contributed by atoms with Gasteiger partial charge in [-0.2, -0.15) is 0 Å². The second kappa shape index (κ2) is 11.8. The number of hydrogen-bond donors (Lipinski definition) is 4. The van der Waals surface area contributed by atoms with Crippen LogP contribution in [0.3, 0.4) is 0 Å². The van der Waals surface area contributed by atoms with Crippen LogP contribution in [0.1, 0.15) is 41.5 Å². The van der Waals surface area contributed by atoms with Crippen LogP contribution >= 0.6 is 22.8 Å². The van der Waals surface area contributed by atoms with Gasteiger partial charge >= 0.3 is 22.8 Å². The van der Waals surface area contributed by atoms with Crippen LogP contribution in [-0.2, 0) is 40.8 Å². The Morgan fingerprint density at radius 3 is 1.07 bits per heavy atom. The van der Waals surface area contributed by atoms with Crippen molar-refractivity contribution in [2.45, 2.75) is 41.5 Å². The zero-order chi connectivity index (χ0) is 32.1. The average molecular weight is 665 g/mol. The number of phenols is 4. The van der Waals surface area contributed by atoms with Gasteiger partial charge < -0.3 is 47.6 Å². The summed E-state index contributed by atoms with van der Waals surface area (Å²) in [5.74, 6) is -1.22. The van der Waals surface area contributed by atoms with Crippen molar-refractivity contribution in [1.82, 2.24) is 0 Å². The summed E-state index contributed by atoms with van der Waals surface area (Å²) in [5, 5.41) is 39.3. The van der Waals surface area contributed by atoms with E-state index in [0.29, 0.717) is 0 Å². The van der Waals surface area contributed by atoms with Gasteiger partial charge in [0.2, 0.25) is 0 Å². The molecule has 4 N–H and O–H groups in total. The van der Waals surface area contributed by atoms with Crippen molar-refractivity contribution in [2.75, 3.05) is 39.6 Å². The lowest BCUT2D eigenvalue weighted by Gasteiger charge is -2.35. The zero-order valence-corrected chi connectivity index (χ0v) is 27.6. The van der Waals surface area contributed by atoms with Crippen molar-refractivity contribution in [2.24, 2.45) is 16.2 Å². The summed E-state index contributed by atoms with van der Waals surface area (Å²) in [6.45, 7) is 12.7. The predicted octanol–water partition coefficient (Wildman–Crippen LogP) is 4.87. The van der Waals surface area contributed by atoms with Gasteiger partial charge in [0.15, 0.2) is 0 Å². The van der Waals surface area contributed by atoms with E-state index in [1.54, 1.807) is 0 Å². The molecule has 0 bridgehead atoms. The minimum atomic E-state index is -3.79. The van der Waals surface area contributed by atoms with Crippen molar-refractivity contribution in [3.05, 3.63) is 30.3 Å². The van der Waals surface area contributed by atoms with E-state index in [1.807, 2.05) is 41.5 Å². The molecular weight excluding hydrogens is 625 g/mol. The molecule has 0 aliphatic carbocycles. The number of aromatic hydroxyl groups is 4. The Morgan fingerprint density at radius 1 is 0.488 bits per heavy atom. The van der Waals surface area contributed by atoms with Crippen molar-refractivity contribution in [3.63, 3.8) is 0 Å². The van der Waals surface area contributed by atoms with Crippen molar-refractivity contribution >= 4 is 38.7 Å². The Hall–Kier alpha value is -1.91. The van der Waals surface area contributed by atoms with E-state index in [9.17, 15) is 34.1 Å². The van der Waals surface area contributed by atoms with Gasteiger partial charge in [-0.1, -0.05) is 41.5 Å². The standard InChI is InChI=1S/C16H24O8P2.C11H15O5P/c1-15(2)7-21-25(19,22-8-15)13-5-12(18)14(6-11(13)17)26(20)23-9-16(3,4)10-24-26;1-11(2)6-15-17(14,16-7-11)10-5-8(12)3-4-9(10)13/h5-6,17-18H,7-10H2,1-4H3;3-5,12-13H,6-7H2,1-2H3. The third-order valence-electron chi connectivity index (χ3n) is 6.67. The molecule has 13 nitrogen and oxygen atoms in total. The molecule has 0 spiro atoms. The molecule has 0 radical (unpaired) electrons. The molecule has 43 heavy (non-hydrogen) atoms. The van der Waals surface area contributed by atoms with Gasteiger partial charge in [-0.3, -0.25) is 13.7 Å². The van der Waals surface area contributed by atoms with E-state index in [-0.39, 0.29) is 83.3 Å². The first-order valence-corrected chi connectivity index (χ1v) is 18.1. The molecule has 3 fully saturated rings. The number of phenolic OH excluding ortho intramolecular Hbond substituents is 4. The monoisotopic (exact) mass is 664 g/mol. The maximum atomic E-state index is 12.9. The highest BCUT2D eigenvalue weighted by molar-refractivity contribution is 7.63. The summed E-state index contributed by atoms with van der Waals surface area (Å²) < 4.78 is 70.2. The van der Waals surface area contributed by atoms with E-state index in [0.717, 1.165) is 12.1 Å². The Morgan fingerprint density at radius 2 is 0.767 bits per heavy atom. The van der Waals surface area contributed by atoms with Crippen LogP contribution in [0.15, 0.2) is 30.3 Å². The van der Waals surface area contributed by atoms with Gasteiger partial charge in [-0.25, -0.2) is 0 Å². The summed E-state index contributed by atoms with van der Waals surface area (Å²) in [6, 6.07) is 5.84. The second-order valence-electron chi connectivity index (χ2n) is 13.1. The van der Waals surface area contributed by atoms with E-state index < -0.39 is 34.3 Å². The quantitative estimate of drug-likeness (QED) is 0.257. The van der Waals surface area contributed by atoms with Gasteiger partial charge in [0.05, 0.1) is 39.6 Å². The van der Waals surface area contributed by atoms with Gasteiger partial charge in [0.1, 0.15) is 38.9 Å². The van der Waals surface area contributed by atoms with Gasteiger partial charge in [0, 0.05) is 16.2 Å². The van der Waals surface area contributed by atoms with Crippen LogP contribution in [0.25, 0.3) is 0 Å². The van der Waals surface area contributed by atoms with E-state index in [4.69, 9.17) is 27.1 Å². The summed E-state index contributed by atoms with van der Waals surface area (Å²) >= 11 is 0. The van der Waals surface area contributed by atoms with E-state index >= 15 is 0 Å². The molecule has 0 amide bonds. The average Bonchev–Trinajstić information content (AvgIpc) is 2.93. The molecular formula is C27H39O13P3. The summed E-state index contributed by atoms with van der Waals surface area (Å²) in [7, 11) is -11.1. The van der Waals surface area contributed by atoms with Crippen molar-refractivity contribution in [1.29, 1.82) is 0 Å². The SMILES string of the molecule is CC1(C)COP(=O)(c2cc(O)c(P3(=O)OCC(C)(C)CO3)cc2O)OC1.CC1(C)COP(=O)(c2cc(O)ccc2O)OC1. The van der Waals surface area contributed by atoms with Gasteiger partial charge in [-0.15, -0.1) is 0 Å². The fourth-order valence-electron chi connectivity index (χ4n) is 3.94. The highest BCUT2D eigenvalue weighted by atomic mass is 31.2. The molecule has 0 atom stereocenters. The van der Waals surface area contributed by atoms with Crippen LogP contribution in [0.4, 0.5) is 0 Å². The molecule has 0 unspecified atom stereocenters. The third kappa shape index (κ3) is 7.67. The topological polar surface area (TPSA) is 188 Å². The lowest BCUT2D eigenvalue weighted by atomic mass is 9.97. The maximum absolute atomic E-state index is 12.9. The van der Waals surface area contributed by atoms with Gasteiger partial charge in [0.25, 0.3) is 0 Å². The van der Waals surface area contributed by atoms with Crippen LogP contribution in [0.5, 0.6) is 23.0 Å². The highest BCUT2D eigenvalue weighted by Crippen LogP contribution is 2.58. The summed E-state index contributed by atoms with van der Waals surface area (Å²) in [6.07, 6.45) is 0. The molecule has 240 valence electrons. The Kier molecular flexibility index (Phi) is 9.31. The van der Waals surface area contributed by atoms with Gasteiger partial charge in [-0.05, 0) is 30.3 Å². The largest absolute Gasteiger partial charge is 0.508 e. The molecule has 2 aromatic carbocycles. The molecule has 3 aliphatic rings. The number of rotatable bonds is 3. The van der Waals surface area contributed by atoms with Crippen molar-refractivity contribution < 1.29 is 61.3 Å². The van der Waals surface area contributed by atoms with Crippen LogP contribution < -0.4 is 15.9 Å². The van der Waals surface area contributed by atoms with E-state index in [2.05, 4.69) is 0 Å². The first-order chi connectivity index (χ1) is 19.7. The maximum Gasteiger partial charge on any atom is 0.365 e. The normalized spacial score (nSPS) is 24.7. The fraction of sp³-hybridized carbons (Fsp3) is 0.556. The van der Waals surface area contributed by atoms with Crippen LogP contribution in [-0.4, -0.2) is 60.1 Å². The molecule has 0 aromatic heterocycles. The van der Waals surface area contributed by atoms with Crippen LogP contribution in [0, 0.1) is 16.2 Å². The molecule has 5 rings (SSSR count). The predicted molar refractivity (Wildman–Crippen MR) is 158 cm³/mol. The minimum absolute atomic E-state index is 0.00741. The number of hydrogen-bond acceptors (Lipinski definition) is 13.